The number of pyridine rings is 1. The highest BCUT2D eigenvalue weighted by Crippen LogP contribution is 2.29. The van der Waals surface area contributed by atoms with Gasteiger partial charge in [-0.1, -0.05) is 42.5 Å². The molecule has 1 aromatic heterocycles. The topological polar surface area (TPSA) is 62.2 Å². The molecule has 4 nitrogen and oxygen atoms in total. The second-order valence-corrected chi connectivity index (χ2v) is 8.04. The van der Waals surface area contributed by atoms with Crippen molar-refractivity contribution in [3.63, 3.8) is 0 Å². The van der Waals surface area contributed by atoms with Crippen molar-refractivity contribution in [3.8, 4) is 23.0 Å². The first-order valence-electron chi connectivity index (χ1n) is 9.86. The van der Waals surface area contributed by atoms with Crippen LogP contribution in [0, 0.1) is 17.8 Å². The molecule has 144 valence electrons. The number of hydrogen-bond acceptors (Lipinski definition) is 3. The van der Waals surface area contributed by atoms with Crippen LogP contribution < -0.4 is 5.32 Å². The summed E-state index contributed by atoms with van der Waals surface area (Å²) >= 11 is 6.02. The number of halogens is 1. The van der Waals surface area contributed by atoms with Gasteiger partial charge in [0.2, 0.25) is 0 Å². The van der Waals surface area contributed by atoms with E-state index >= 15 is 0 Å². The van der Waals surface area contributed by atoms with E-state index in [1.807, 2.05) is 30.3 Å². The number of benzene rings is 1. The molecule has 2 N–H and O–H groups in total. The van der Waals surface area contributed by atoms with Crippen LogP contribution in [0.3, 0.4) is 0 Å². The zero-order valence-electron chi connectivity index (χ0n) is 15.6. The third kappa shape index (κ3) is 4.55. The van der Waals surface area contributed by atoms with Crippen molar-refractivity contribution in [1.82, 2.24) is 10.3 Å². The molecule has 0 radical (unpaired) electrons. The summed E-state index contributed by atoms with van der Waals surface area (Å²) in [5.41, 5.74) is 2.88. The van der Waals surface area contributed by atoms with E-state index in [0.29, 0.717) is 22.2 Å². The molecule has 1 aromatic carbocycles. The maximum atomic E-state index is 12.8. The van der Waals surface area contributed by atoms with E-state index in [1.54, 1.807) is 6.20 Å². The summed E-state index contributed by atoms with van der Waals surface area (Å²) in [7, 11) is 0. The Hall–Kier alpha value is -2.35. The molecule has 2 aliphatic rings. The molecule has 2 fully saturated rings. The Labute approximate surface area is 170 Å². The summed E-state index contributed by atoms with van der Waals surface area (Å²) in [6.45, 7) is 0. The summed E-state index contributed by atoms with van der Waals surface area (Å²) in [4.78, 5) is 17.2. The van der Waals surface area contributed by atoms with Crippen LogP contribution in [0.5, 0.6) is 0 Å². The highest BCUT2D eigenvalue weighted by molar-refractivity contribution is 6.30. The van der Waals surface area contributed by atoms with Gasteiger partial charge >= 0.3 is 0 Å². The van der Waals surface area contributed by atoms with Crippen molar-refractivity contribution in [1.29, 1.82) is 0 Å². The van der Waals surface area contributed by atoms with Gasteiger partial charge in [0.25, 0.3) is 5.91 Å². The number of hydrogen-bond donors (Lipinski definition) is 2. The Bertz CT molecular complexity index is 926. The summed E-state index contributed by atoms with van der Waals surface area (Å²) < 4.78 is 0. The second-order valence-electron chi connectivity index (χ2n) is 7.60. The molecular weight excluding hydrogens is 372 g/mol. The average molecular weight is 395 g/mol. The molecule has 2 aromatic rings. The highest BCUT2D eigenvalue weighted by atomic mass is 35.5. The summed E-state index contributed by atoms with van der Waals surface area (Å²) in [5.74, 6) is 6.68. The standard InChI is InChI=1S/C23H23ClN2O2/c24-18-10-8-16(9-11-18)19-13-17(14-25-20(19)12-7-15-5-6-15)23(28)26-21-3-1-2-4-22(21)27/h8-11,13-15,21-22,27H,1-6H2,(H,26,28)/t21-,22-/m1/s1. The number of aromatic nitrogens is 1. The van der Waals surface area contributed by atoms with E-state index in [0.717, 1.165) is 49.7 Å². The third-order valence-electron chi connectivity index (χ3n) is 5.32. The minimum absolute atomic E-state index is 0.199. The van der Waals surface area contributed by atoms with Crippen molar-refractivity contribution in [2.24, 2.45) is 5.92 Å². The van der Waals surface area contributed by atoms with E-state index in [4.69, 9.17) is 11.6 Å². The second kappa shape index (κ2) is 8.34. The predicted octanol–water partition coefficient (Wildman–Crippen LogP) is 4.20. The number of carbonyl (C=O) groups excluding carboxylic acids is 1. The molecule has 1 heterocycles. The van der Waals surface area contributed by atoms with Gasteiger partial charge in [-0.3, -0.25) is 4.79 Å². The number of nitrogens with zero attached hydrogens (tertiary/aromatic N) is 1. The number of aliphatic hydroxyl groups excluding tert-OH is 1. The predicted molar refractivity (Wildman–Crippen MR) is 110 cm³/mol. The summed E-state index contributed by atoms with van der Waals surface area (Å²) in [5, 5.41) is 13.8. The van der Waals surface area contributed by atoms with Crippen molar-refractivity contribution in [2.45, 2.75) is 50.7 Å². The normalized spacial score (nSPS) is 21.5. The Morgan fingerprint density at radius 2 is 1.89 bits per heavy atom. The molecule has 0 saturated heterocycles. The van der Waals surface area contributed by atoms with Gasteiger partial charge in [-0.2, -0.15) is 0 Å². The van der Waals surface area contributed by atoms with Crippen LogP contribution in [0.15, 0.2) is 36.5 Å². The maximum Gasteiger partial charge on any atom is 0.253 e. The van der Waals surface area contributed by atoms with Gasteiger partial charge in [0.15, 0.2) is 0 Å². The first-order chi connectivity index (χ1) is 13.6. The molecule has 0 bridgehead atoms. The fraction of sp³-hybridized carbons (Fsp3) is 0.391. The zero-order valence-corrected chi connectivity index (χ0v) is 16.4. The molecule has 0 aliphatic heterocycles. The molecule has 2 atom stereocenters. The third-order valence-corrected chi connectivity index (χ3v) is 5.58. The van der Waals surface area contributed by atoms with Crippen LogP contribution in [-0.2, 0) is 0 Å². The van der Waals surface area contributed by atoms with Crippen LogP contribution in [0.25, 0.3) is 11.1 Å². The lowest BCUT2D eigenvalue weighted by atomic mass is 9.92. The molecule has 2 saturated carbocycles. The lowest BCUT2D eigenvalue weighted by molar-refractivity contribution is 0.0717. The number of aliphatic hydroxyl groups is 1. The number of carbonyl (C=O) groups is 1. The monoisotopic (exact) mass is 394 g/mol. The maximum absolute atomic E-state index is 12.8. The Morgan fingerprint density at radius 1 is 1.14 bits per heavy atom. The molecule has 0 spiro atoms. The minimum atomic E-state index is -0.481. The SMILES string of the molecule is O=C(N[C@@H]1CCCC[C@H]1O)c1cnc(C#CC2CC2)c(-c2ccc(Cl)cc2)c1. The molecule has 0 unspecified atom stereocenters. The lowest BCUT2D eigenvalue weighted by Crippen LogP contribution is -2.45. The smallest absolute Gasteiger partial charge is 0.253 e. The Morgan fingerprint density at radius 3 is 2.61 bits per heavy atom. The highest BCUT2D eigenvalue weighted by Gasteiger charge is 2.25. The Balaban J connectivity index is 1.63. The quantitative estimate of drug-likeness (QED) is 0.767. The van der Waals surface area contributed by atoms with Gasteiger partial charge in [0.1, 0.15) is 5.69 Å². The number of amides is 1. The van der Waals surface area contributed by atoms with E-state index < -0.39 is 6.10 Å². The van der Waals surface area contributed by atoms with E-state index in [2.05, 4.69) is 22.1 Å². The molecule has 1 amide bonds. The first-order valence-corrected chi connectivity index (χ1v) is 10.2. The van der Waals surface area contributed by atoms with Gasteiger partial charge in [-0.15, -0.1) is 0 Å². The molecule has 2 aliphatic carbocycles. The van der Waals surface area contributed by atoms with Crippen LogP contribution >= 0.6 is 11.6 Å². The van der Waals surface area contributed by atoms with E-state index in [-0.39, 0.29) is 11.9 Å². The number of rotatable bonds is 3. The summed E-state index contributed by atoms with van der Waals surface area (Å²) in [6.07, 6.45) is 6.94. The van der Waals surface area contributed by atoms with Crippen LogP contribution in [-0.4, -0.2) is 28.1 Å². The lowest BCUT2D eigenvalue weighted by Gasteiger charge is -2.28. The van der Waals surface area contributed by atoms with Gasteiger partial charge in [-0.25, -0.2) is 4.98 Å². The molecular formula is C23H23ClN2O2. The van der Waals surface area contributed by atoms with Gasteiger partial charge in [-0.05, 0) is 55.4 Å². The average Bonchev–Trinajstić information content (AvgIpc) is 3.53. The van der Waals surface area contributed by atoms with Crippen LogP contribution in [0.1, 0.15) is 54.6 Å². The van der Waals surface area contributed by atoms with Crippen LogP contribution in [0.4, 0.5) is 0 Å². The summed E-state index contributed by atoms with van der Waals surface area (Å²) in [6, 6.07) is 9.09. The zero-order chi connectivity index (χ0) is 19.5. The Kier molecular flexibility index (Phi) is 5.66. The fourth-order valence-electron chi connectivity index (χ4n) is 3.47. The molecule has 5 heteroatoms. The molecule has 28 heavy (non-hydrogen) atoms. The van der Waals surface area contributed by atoms with Crippen molar-refractivity contribution < 1.29 is 9.90 Å². The van der Waals surface area contributed by atoms with Gasteiger partial charge in [0.05, 0.1) is 17.7 Å². The first kappa shape index (κ1) is 19.0. The van der Waals surface area contributed by atoms with Crippen molar-refractivity contribution >= 4 is 17.5 Å². The van der Waals surface area contributed by atoms with Gasteiger partial charge < -0.3 is 10.4 Å². The van der Waals surface area contributed by atoms with Crippen molar-refractivity contribution in [3.05, 3.63) is 52.8 Å². The number of nitrogens with one attached hydrogen (secondary N) is 1. The van der Waals surface area contributed by atoms with Gasteiger partial charge in [0, 0.05) is 22.7 Å². The fourth-order valence-corrected chi connectivity index (χ4v) is 3.59. The molecule has 4 rings (SSSR count). The van der Waals surface area contributed by atoms with E-state index in [9.17, 15) is 9.90 Å². The largest absolute Gasteiger partial charge is 0.391 e. The van der Waals surface area contributed by atoms with E-state index in [1.165, 1.54) is 0 Å². The minimum Gasteiger partial charge on any atom is -0.391 e. The van der Waals surface area contributed by atoms with Crippen LogP contribution in [0.2, 0.25) is 5.02 Å². The van der Waals surface area contributed by atoms with Crippen molar-refractivity contribution in [2.75, 3.05) is 0 Å².